The molecule has 3 aromatic rings. The van der Waals surface area contributed by atoms with Crippen LogP contribution in [0.25, 0.3) is 0 Å². The standard InChI is InChI=1S/C24H20Cl3N3O2/c1-14-12-21(32-20-13-15(25)6-9-17(20)26)22(23(27)28-14)24(31)30-11-10-29(16-7-8-16)18-4-2-3-5-19(18)30/h2-6,9,12-13,16H,7-8,10-11H2,1H3. The Bertz CT molecular complexity index is 1210. The van der Waals surface area contributed by atoms with E-state index in [0.29, 0.717) is 39.8 Å². The maximum absolute atomic E-state index is 13.8. The molecule has 1 amide bonds. The van der Waals surface area contributed by atoms with Gasteiger partial charge in [0.1, 0.15) is 22.2 Å². The number of benzene rings is 2. The van der Waals surface area contributed by atoms with Crippen molar-refractivity contribution in [3.8, 4) is 11.5 Å². The van der Waals surface area contributed by atoms with Gasteiger partial charge in [-0.1, -0.05) is 46.9 Å². The van der Waals surface area contributed by atoms with Gasteiger partial charge in [0, 0.05) is 42.0 Å². The lowest BCUT2D eigenvalue weighted by Crippen LogP contribution is -2.45. The molecule has 0 N–H and O–H groups in total. The van der Waals surface area contributed by atoms with Crippen molar-refractivity contribution in [3.63, 3.8) is 0 Å². The zero-order valence-corrected chi connectivity index (χ0v) is 19.6. The number of halogens is 3. The molecule has 8 heteroatoms. The summed E-state index contributed by atoms with van der Waals surface area (Å²) in [6, 6.07) is 15.1. The summed E-state index contributed by atoms with van der Waals surface area (Å²) < 4.78 is 6.05. The molecule has 2 aromatic carbocycles. The molecule has 1 saturated carbocycles. The summed E-state index contributed by atoms with van der Waals surface area (Å²) in [5.41, 5.74) is 2.74. The van der Waals surface area contributed by atoms with E-state index in [-0.39, 0.29) is 16.6 Å². The number of aryl methyl sites for hydroxylation is 1. The highest BCUT2D eigenvalue weighted by Gasteiger charge is 2.36. The van der Waals surface area contributed by atoms with Gasteiger partial charge in [0.05, 0.1) is 16.4 Å². The van der Waals surface area contributed by atoms with Gasteiger partial charge in [0.15, 0.2) is 0 Å². The predicted molar refractivity (Wildman–Crippen MR) is 129 cm³/mol. The van der Waals surface area contributed by atoms with E-state index in [0.717, 1.165) is 17.9 Å². The SMILES string of the molecule is Cc1cc(Oc2cc(Cl)ccc2Cl)c(C(=O)N2CCN(C3CC3)c3ccccc32)c(Cl)n1. The molecule has 5 rings (SSSR count). The minimum atomic E-state index is -0.265. The fraction of sp³-hybridized carbons (Fsp3) is 0.250. The van der Waals surface area contributed by atoms with Crippen LogP contribution in [-0.2, 0) is 0 Å². The Morgan fingerprint density at radius 3 is 2.50 bits per heavy atom. The highest BCUT2D eigenvalue weighted by molar-refractivity contribution is 6.35. The van der Waals surface area contributed by atoms with Crippen molar-refractivity contribution in [2.75, 3.05) is 22.9 Å². The molecule has 5 nitrogen and oxygen atoms in total. The molecule has 2 aliphatic rings. The number of fused-ring (bicyclic) bond motifs is 1. The topological polar surface area (TPSA) is 45.7 Å². The van der Waals surface area contributed by atoms with E-state index < -0.39 is 0 Å². The number of ether oxygens (including phenoxy) is 1. The number of anilines is 2. The number of aromatic nitrogens is 1. The average Bonchev–Trinajstić information content (AvgIpc) is 3.60. The van der Waals surface area contributed by atoms with Gasteiger partial charge in [0.25, 0.3) is 5.91 Å². The van der Waals surface area contributed by atoms with E-state index in [9.17, 15) is 4.79 Å². The molecule has 1 aliphatic heterocycles. The molecule has 0 radical (unpaired) electrons. The number of hydrogen-bond acceptors (Lipinski definition) is 4. The zero-order chi connectivity index (χ0) is 22.4. The van der Waals surface area contributed by atoms with Crippen LogP contribution >= 0.6 is 34.8 Å². The Hall–Kier alpha value is -2.47. The lowest BCUT2D eigenvalue weighted by Gasteiger charge is -2.38. The molecular formula is C24H20Cl3N3O2. The van der Waals surface area contributed by atoms with Crippen LogP contribution in [0.5, 0.6) is 11.5 Å². The number of para-hydroxylation sites is 2. The molecule has 0 unspecified atom stereocenters. The maximum Gasteiger partial charge on any atom is 0.265 e. The van der Waals surface area contributed by atoms with Crippen LogP contribution in [0.2, 0.25) is 15.2 Å². The second-order valence-electron chi connectivity index (χ2n) is 7.97. The Balaban J connectivity index is 1.55. The lowest BCUT2D eigenvalue weighted by molar-refractivity contribution is 0.0984. The quantitative estimate of drug-likeness (QED) is 0.380. The van der Waals surface area contributed by atoms with E-state index in [4.69, 9.17) is 39.5 Å². The number of amides is 1. The zero-order valence-electron chi connectivity index (χ0n) is 17.3. The van der Waals surface area contributed by atoms with Crippen molar-refractivity contribution in [2.24, 2.45) is 0 Å². The third-order valence-corrected chi connectivity index (χ3v) is 6.49. The van der Waals surface area contributed by atoms with E-state index in [1.54, 1.807) is 36.1 Å². The van der Waals surface area contributed by atoms with Crippen molar-refractivity contribution in [1.29, 1.82) is 0 Å². The van der Waals surface area contributed by atoms with Gasteiger partial charge in [-0.25, -0.2) is 4.98 Å². The van der Waals surface area contributed by atoms with Gasteiger partial charge in [-0.05, 0) is 44.0 Å². The van der Waals surface area contributed by atoms with Crippen molar-refractivity contribution in [1.82, 2.24) is 4.98 Å². The fourth-order valence-corrected chi connectivity index (χ4v) is 4.68. The van der Waals surface area contributed by atoms with Gasteiger partial charge >= 0.3 is 0 Å². The number of pyridine rings is 1. The first kappa shape index (κ1) is 21.4. The van der Waals surface area contributed by atoms with Crippen molar-refractivity contribution in [3.05, 3.63) is 75.0 Å². The van der Waals surface area contributed by atoms with Gasteiger partial charge in [-0.15, -0.1) is 0 Å². The van der Waals surface area contributed by atoms with Crippen LogP contribution in [0.3, 0.4) is 0 Å². The Labute approximate surface area is 201 Å². The molecule has 1 fully saturated rings. The largest absolute Gasteiger partial charge is 0.455 e. The summed E-state index contributed by atoms with van der Waals surface area (Å²) in [7, 11) is 0. The molecule has 2 heterocycles. The third kappa shape index (κ3) is 4.01. The van der Waals surface area contributed by atoms with Gasteiger partial charge in [-0.3, -0.25) is 4.79 Å². The Morgan fingerprint density at radius 2 is 1.75 bits per heavy atom. The highest BCUT2D eigenvalue weighted by atomic mass is 35.5. The maximum atomic E-state index is 13.8. The molecule has 164 valence electrons. The highest BCUT2D eigenvalue weighted by Crippen LogP contribution is 2.42. The minimum Gasteiger partial charge on any atom is -0.455 e. The molecule has 0 spiro atoms. The van der Waals surface area contributed by atoms with Gasteiger partial charge in [0.2, 0.25) is 0 Å². The second-order valence-corrected chi connectivity index (χ2v) is 9.18. The van der Waals surface area contributed by atoms with Crippen LogP contribution in [0.1, 0.15) is 28.9 Å². The van der Waals surface area contributed by atoms with E-state index in [2.05, 4.69) is 16.0 Å². The van der Waals surface area contributed by atoms with Crippen molar-refractivity contribution >= 4 is 52.1 Å². The number of rotatable bonds is 4. The third-order valence-electron chi connectivity index (χ3n) is 5.67. The summed E-state index contributed by atoms with van der Waals surface area (Å²) in [4.78, 5) is 22.2. The summed E-state index contributed by atoms with van der Waals surface area (Å²) in [5, 5.41) is 0.936. The van der Waals surface area contributed by atoms with E-state index >= 15 is 0 Å². The summed E-state index contributed by atoms with van der Waals surface area (Å²) in [6.45, 7) is 3.10. The van der Waals surface area contributed by atoms with Crippen LogP contribution < -0.4 is 14.5 Å². The normalized spacial score (nSPS) is 15.5. The second kappa shape index (κ2) is 8.47. The van der Waals surface area contributed by atoms with Crippen molar-refractivity contribution < 1.29 is 9.53 Å². The fourth-order valence-electron chi connectivity index (χ4n) is 4.05. The molecule has 1 aromatic heterocycles. The number of carbonyl (C=O) groups excluding carboxylic acids is 1. The van der Waals surface area contributed by atoms with Gasteiger partial charge in [-0.2, -0.15) is 0 Å². The summed E-state index contributed by atoms with van der Waals surface area (Å²) in [5.74, 6) is 0.367. The molecule has 0 atom stereocenters. The monoisotopic (exact) mass is 487 g/mol. The van der Waals surface area contributed by atoms with Crippen LogP contribution in [-0.4, -0.2) is 30.0 Å². The molecule has 0 saturated heterocycles. The van der Waals surface area contributed by atoms with E-state index in [1.807, 2.05) is 18.2 Å². The van der Waals surface area contributed by atoms with Crippen LogP contribution in [0, 0.1) is 6.92 Å². The summed E-state index contributed by atoms with van der Waals surface area (Å²) >= 11 is 18.9. The summed E-state index contributed by atoms with van der Waals surface area (Å²) in [6.07, 6.45) is 2.38. The smallest absolute Gasteiger partial charge is 0.265 e. The lowest BCUT2D eigenvalue weighted by atomic mass is 10.1. The number of hydrogen-bond donors (Lipinski definition) is 0. The van der Waals surface area contributed by atoms with Crippen LogP contribution in [0.15, 0.2) is 48.5 Å². The first-order valence-electron chi connectivity index (χ1n) is 10.4. The Morgan fingerprint density at radius 1 is 1.00 bits per heavy atom. The van der Waals surface area contributed by atoms with Crippen LogP contribution in [0.4, 0.5) is 11.4 Å². The first-order chi connectivity index (χ1) is 15.4. The predicted octanol–water partition coefficient (Wildman–Crippen LogP) is 6.77. The molecule has 32 heavy (non-hydrogen) atoms. The molecule has 0 bridgehead atoms. The molecular weight excluding hydrogens is 469 g/mol. The van der Waals surface area contributed by atoms with Crippen molar-refractivity contribution in [2.45, 2.75) is 25.8 Å². The minimum absolute atomic E-state index is 0.0882. The first-order valence-corrected chi connectivity index (χ1v) is 11.5. The number of carbonyl (C=O) groups is 1. The number of nitrogens with zero attached hydrogens (tertiary/aromatic N) is 3. The Kier molecular flexibility index (Phi) is 5.66. The van der Waals surface area contributed by atoms with Gasteiger partial charge < -0.3 is 14.5 Å². The van der Waals surface area contributed by atoms with E-state index in [1.165, 1.54) is 12.8 Å². The average molecular weight is 489 g/mol. The molecule has 1 aliphatic carbocycles.